The van der Waals surface area contributed by atoms with Gasteiger partial charge in [-0.3, -0.25) is 9.59 Å². The van der Waals surface area contributed by atoms with Crippen LogP contribution in [0.15, 0.2) is 47.6 Å². The number of hydrogen-bond donors (Lipinski definition) is 2. The van der Waals surface area contributed by atoms with E-state index in [0.29, 0.717) is 35.0 Å². The molecule has 0 spiro atoms. The number of amides is 1. The molecule has 0 bridgehead atoms. The molecule has 250 valence electrons. The zero-order chi connectivity index (χ0) is 33.1. The normalized spacial score (nSPS) is 42.3. The van der Waals surface area contributed by atoms with Gasteiger partial charge in [0.2, 0.25) is 5.91 Å². The molecule has 0 saturated heterocycles. The highest BCUT2D eigenvalue weighted by molar-refractivity contribution is 6.30. The fraction of sp³-hybridized carbons (Fsp3) is 0.707. The molecule has 1 aromatic carbocycles. The lowest BCUT2D eigenvalue weighted by atomic mass is 9.33. The van der Waals surface area contributed by atoms with Crippen LogP contribution >= 0.6 is 11.6 Å². The van der Waals surface area contributed by atoms with Gasteiger partial charge in [0.05, 0.1) is 11.6 Å². The number of Topliss-reactive ketones (excluding diaryl/α,β-unsaturated/α-hetero) is 1. The van der Waals surface area contributed by atoms with Gasteiger partial charge in [-0.2, -0.15) is 0 Å². The molecule has 1 unspecified atom stereocenters. The first-order valence-electron chi connectivity index (χ1n) is 18.3. The Morgan fingerprint density at radius 1 is 0.891 bits per heavy atom. The highest BCUT2D eigenvalue weighted by atomic mass is 35.5. The van der Waals surface area contributed by atoms with Gasteiger partial charge in [0.1, 0.15) is 0 Å². The van der Waals surface area contributed by atoms with Crippen LogP contribution in [0.25, 0.3) is 0 Å². The molecule has 4 nitrogen and oxygen atoms in total. The van der Waals surface area contributed by atoms with Crippen LogP contribution in [0.2, 0.25) is 5.02 Å². The zero-order valence-corrected chi connectivity index (χ0v) is 30.0. The molecule has 5 fully saturated rings. The van der Waals surface area contributed by atoms with Crippen LogP contribution in [0.5, 0.6) is 0 Å². The number of aliphatic hydroxyl groups excluding tert-OH is 1. The van der Waals surface area contributed by atoms with E-state index in [2.05, 4.69) is 59.9 Å². The van der Waals surface area contributed by atoms with Crippen LogP contribution in [-0.4, -0.2) is 22.9 Å². The number of allylic oxidation sites excluding steroid dienone is 3. The molecule has 0 heterocycles. The maximum atomic E-state index is 13.9. The third-order valence-electron chi connectivity index (χ3n) is 15.5. The molecule has 8 atom stereocenters. The summed E-state index contributed by atoms with van der Waals surface area (Å²) in [6.45, 7) is 16.8. The molecular weight excluding hydrogens is 590 g/mol. The van der Waals surface area contributed by atoms with Gasteiger partial charge in [-0.05, 0) is 144 Å². The third-order valence-corrected chi connectivity index (χ3v) is 15.8. The van der Waals surface area contributed by atoms with Crippen molar-refractivity contribution >= 4 is 23.3 Å². The minimum Gasteiger partial charge on any atom is -0.393 e. The standard InChI is InChI=1S/C41H56ClNO3/c1-25(2)34-29(44)24-40(19-16-33(46)43-41(22-23-41)26-8-10-27(42)11-9-26)21-20-38(6)28(35(34)40)12-13-31-37(5)17-15-32(45)36(3,4)30(37)14-18-39(31,38)7/h8-11,16,19,25,28,30-32,45H,12-15,17-18,20-24H2,1-7H3,(H,43,46)/b19-16+/t28-,30?,31-,32+,37+,38-,39-,40+/m1/s1. The van der Waals surface area contributed by atoms with Gasteiger partial charge in [0.15, 0.2) is 5.78 Å². The number of fused-ring (bicyclic) bond motifs is 7. The smallest absolute Gasteiger partial charge is 0.244 e. The van der Waals surface area contributed by atoms with E-state index in [4.69, 9.17) is 11.6 Å². The molecule has 1 aromatic rings. The van der Waals surface area contributed by atoms with Crippen LogP contribution in [0.4, 0.5) is 0 Å². The Morgan fingerprint density at radius 2 is 1.59 bits per heavy atom. The van der Waals surface area contributed by atoms with E-state index in [9.17, 15) is 14.7 Å². The van der Waals surface area contributed by atoms with Gasteiger partial charge >= 0.3 is 0 Å². The molecule has 5 heteroatoms. The van der Waals surface area contributed by atoms with Crippen molar-refractivity contribution < 1.29 is 14.7 Å². The molecule has 1 amide bonds. The van der Waals surface area contributed by atoms with E-state index in [1.54, 1.807) is 6.08 Å². The topological polar surface area (TPSA) is 66.4 Å². The summed E-state index contributed by atoms with van der Waals surface area (Å²) >= 11 is 6.14. The largest absolute Gasteiger partial charge is 0.393 e. The second-order valence-electron chi connectivity index (χ2n) is 18.1. The summed E-state index contributed by atoms with van der Waals surface area (Å²) < 4.78 is 0. The maximum Gasteiger partial charge on any atom is 0.244 e. The fourth-order valence-corrected chi connectivity index (χ4v) is 12.9. The summed E-state index contributed by atoms with van der Waals surface area (Å²) in [5.74, 6) is 1.91. The summed E-state index contributed by atoms with van der Waals surface area (Å²) in [7, 11) is 0. The number of nitrogens with one attached hydrogen (secondary N) is 1. The monoisotopic (exact) mass is 645 g/mol. The van der Waals surface area contributed by atoms with Crippen LogP contribution < -0.4 is 5.32 Å². The van der Waals surface area contributed by atoms with Gasteiger partial charge in [0, 0.05) is 16.9 Å². The van der Waals surface area contributed by atoms with Crippen LogP contribution in [0, 0.1) is 50.7 Å². The zero-order valence-electron chi connectivity index (χ0n) is 29.3. The number of carbonyl (C=O) groups is 2. The van der Waals surface area contributed by atoms with E-state index < -0.39 is 0 Å². The highest BCUT2D eigenvalue weighted by Crippen LogP contribution is 2.76. The average molecular weight is 646 g/mol. The van der Waals surface area contributed by atoms with E-state index >= 15 is 0 Å². The number of rotatable bonds is 5. The van der Waals surface area contributed by atoms with Crippen LogP contribution in [0.1, 0.15) is 125 Å². The van der Waals surface area contributed by atoms with Crippen LogP contribution in [-0.2, 0) is 15.1 Å². The summed E-state index contributed by atoms with van der Waals surface area (Å²) in [4.78, 5) is 27.5. The minimum atomic E-state index is -0.365. The Morgan fingerprint density at radius 3 is 2.24 bits per heavy atom. The lowest BCUT2D eigenvalue weighted by molar-refractivity contribution is -0.227. The third kappa shape index (κ3) is 4.47. The number of halogens is 1. The van der Waals surface area contributed by atoms with E-state index in [0.717, 1.165) is 56.1 Å². The predicted molar refractivity (Wildman–Crippen MR) is 185 cm³/mol. The highest BCUT2D eigenvalue weighted by Gasteiger charge is 2.69. The van der Waals surface area contributed by atoms with Crippen molar-refractivity contribution in [1.29, 1.82) is 0 Å². The Hall–Kier alpha value is -1.91. The summed E-state index contributed by atoms with van der Waals surface area (Å²) in [5.41, 5.74) is 3.30. The number of hydrogen-bond acceptors (Lipinski definition) is 3. The van der Waals surface area contributed by atoms with Crippen molar-refractivity contribution in [2.45, 2.75) is 131 Å². The van der Waals surface area contributed by atoms with Crippen LogP contribution in [0.3, 0.4) is 0 Å². The summed E-state index contributed by atoms with van der Waals surface area (Å²) in [5, 5.41) is 15.1. The van der Waals surface area contributed by atoms with Gasteiger partial charge in [0.25, 0.3) is 0 Å². The quantitative estimate of drug-likeness (QED) is 0.314. The van der Waals surface area contributed by atoms with Crippen molar-refractivity contribution in [2.24, 2.45) is 50.7 Å². The Balaban J connectivity index is 1.21. The van der Waals surface area contributed by atoms with Crippen molar-refractivity contribution in [3.63, 3.8) is 0 Å². The van der Waals surface area contributed by atoms with E-state index in [1.807, 2.05) is 24.3 Å². The Labute approximate surface area is 282 Å². The van der Waals surface area contributed by atoms with Gasteiger partial charge in [-0.1, -0.05) is 78.3 Å². The lowest BCUT2D eigenvalue weighted by Crippen LogP contribution is -2.65. The van der Waals surface area contributed by atoms with Gasteiger partial charge in [-0.25, -0.2) is 0 Å². The number of benzene rings is 1. The summed E-state index contributed by atoms with van der Waals surface area (Å²) in [6, 6.07) is 7.83. The SMILES string of the molecule is CC(C)C1=C2[C@H]3CC[C@@H]4[C@@]5(C)CC[C@H](O)C(C)(C)C5CC[C@@]4(C)[C@]3(C)CC[C@@]2(/C=C/C(=O)NC2(c3ccc(Cl)cc3)CC2)CC1=O. The number of aliphatic hydroxyl groups is 1. The Bertz CT molecular complexity index is 1500. The van der Waals surface area contributed by atoms with Gasteiger partial charge < -0.3 is 10.4 Å². The summed E-state index contributed by atoms with van der Waals surface area (Å²) in [6.07, 6.45) is 14.7. The molecule has 0 aromatic heterocycles. The molecule has 7 rings (SSSR count). The number of ketones is 1. The molecular formula is C41H56ClNO3. The lowest BCUT2D eigenvalue weighted by Gasteiger charge is -2.72. The fourth-order valence-electron chi connectivity index (χ4n) is 12.7. The molecule has 2 N–H and O–H groups in total. The second kappa shape index (κ2) is 10.5. The van der Waals surface area contributed by atoms with Gasteiger partial charge in [-0.15, -0.1) is 0 Å². The predicted octanol–water partition coefficient (Wildman–Crippen LogP) is 9.34. The van der Waals surface area contributed by atoms with Crippen molar-refractivity contribution in [2.75, 3.05) is 0 Å². The first kappa shape index (κ1) is 32.6. The van der Waals surface area contributed by atoms with Crippen molar-refractivity contribution in [3.8, 4) is 0 Å². The molecule has 6 aliphatic rings. The first-order valence-corrected chi connectivity index (χ1v) is 18.6. The van der Waals surface area contributed by atoms with Crippen molar-refractivity contribution in [1.82, 2.24) is 5.32 Å². The molecule has 0 radical (unpaired) electrons. The maximum absolute atomic E-state index is 13.9. The number of carbonyl (C=O) groups excluding carboxylic acids is 2. The second-order valence-corrected chi connectivity index (χ2v) is 18.6. The molecule has 0 aliphatic heterocycles. The van der Waals surface area contributed by atoms with E-state index in [-0.39, 0.29) is 50.5 Å². The minimum absolute atomic E-state index is 0.0585. The molecule has 5 saturated carbocycles. The average Bonchev–Trinajstić information content (AvgIpc) is 3.69. The van der Waals surface area contributed by atoms with Crippen molar-refractivity contribution in [3.05, 3.63) is 58.1 Å². The van der Waals surface area contributed by atoms with E-state index in [1.165, 1.54) is 24.8 Å². The molecule has 46 heavy (non-hydrogen) atoms. The molecule has 6 aliphatic carbocycles. The Kier molecular flexibility index (Phi) is 7.48. The first-order chi connectivity index (χ1) is 21.5.